The van der Waals surface area contributed by atoms with Crippen LogP contribution in [0.3, 0.4) is 0 Å². The third kappa shape index (κ3) is 2.85. The molecule has 1 aromatic heterocycles. The number of carbonyl (C=O) groups is 1. The molecule has 5 nitrogen and oxygen atoms in total. The van der Waals surface area contributed by atoms with Gasteiger partial charge in [-0.1, -0.05) is 18.2 Å². The molecule has 0 radical (unpaired) electrons. The van der Waals surface area contributed by atoms with Crippen LogP contribution < -0.4 is 4.90 Å². The first-order valence-electron chi connectivity index (χ1n) is 7.49. The Labute approximate surface area is 130 Å². The summed E-state index contributed by atoms with van der Waals surface area (Å²) >= 11 is 0. The first-order valence-corrected chi connectivity index (χ1v) is 7.49. The Morgan fingerprint density at radius 3 is 2.86 bits per heavy atom. The Morgan fingerprint density at radius 2 is 2.14 bits per heavy atom. The molecule has 114 valence electrons. The number of hydrogen-bond donors (Lipinski definition) is 0. The lowest BCUT2D eigenvalue weighted by Crippen LogP contribution is -2.48. The molecule has 2 heterocycles. The second-order valence-electron chi connectivity index (χ2n) is 5.85. The van der Waals surface area contributed by atoms with Gasteiger partial charge in [0.05, 0.1) is 6.04 Å². The Bertz CT molecular complexity index is 657. The zero-order valence-corrected chi connectivity index (χ0v) is 12.9. The summed E-state index contributed by atoms with van der Waals surface area (Å²) in [4.78, 5) is 25.0. The smallest absolute Gasteiger partial charge is 0.277 e. The van der Waals surface area contributed by atoms with E-state index in [4.69, 9.17) is 0 Å². The van der Waals surface area contributed by atoms with Crippen molar-refractivity contribution >= 4 is 11.6 Å². The zero-order chi connectivity index (χ0) is 15.5. The molecule has 0 saturated heterocycles. The summed E-state index contributed by atoms with van der Waals surface area (Å²) in [6, 6.07) is 9.96. The number of fused-ring (bicyclic) bond motifs is 1. The van der Waals surface area contributed by atoms with E-state index >= 15 is 0 Å². The lowest BCUT2D eigenvalue weighted by molar-refractivity contribution is 0.0963. The lowest BCUT2D eigenvalue weighted by Gasteiger charge is -2.38. The van der Waals surface area contributed by atoms with Crippen LogP contribution in [-0.2, 0) is 6.42 Å². The third-order valence-electron chi connectivity index (χ3n) is 3.96. The number of amides is 1. The number of para-hydroxylation sites is 1. The van der Waals surface area contributed by atoms with Gasteiger partial charge in [-0.25, -0.2) is 9.97 Å². The van der Waals surface area contributed by atoms with Crippen molar-refractivity contribution in [3.05, 3.63) is 54.1 Å². The molecule has 2 aromatic rings. The molecular weight excluding hydrogens is 276 g/mol. The molecule has 0 saturated carbocycles. The largest absolute Gasteiger partial charge is 0.307 e. The van der Waals surface area contributed by atoms with Crippen molar-refractivity contribution in [3.8, 4) is 0 Å². The molecule has 0 bridgehead atoms. The van der Waals surface area contributed by atoms with Gasteiger partial charge in [-0.05, 0) is 44.6 Å². The van der Waals surface area contributed by atoms with Crippen molar-refractivity contribution in [2.45, 2.75) is 18.9 Å². The minimum absolute atomic E-state index is 0.0543. The van der Waals surface area contributed by atoms with E-state index in [2.05, 4.69) is 20.9 Å². The Hall–Kier alpha value is -2.27. The van der Waals surface area contributed by atoms with Crippen molar-refractivity contribution in [2.24, 2.45) is 0 Å². The number of benzene rings is 1. The van der Waals surface area contributed by atoms with Gasteiger partial charge in [0.15, 0.2) is 0 Å². The first-order chi connectivity index (χ1) is 10.7. The fourth-order valence-electron chi connectivity index (χ4n) is 3.02. The van der Waals surface area contributed by atoms with Crippen LogP contribution in [0.5, 0.6) is 0 Å². The first kappa shape index (κ1) is 14.7. The Morgan fingerprint density at radius 1 is 1.32 bits per heavy atom. The fourth-order valence-corrected chi connectivity index (χ4v) is 3.02. The van der Waals surface area contributed by atoms with Crippen LogP contribution in [0.4, 0.5) is 5.69 Å². The Kier molecular flexibility index (Phi) is 4.15. The average molecular weight is 296 g/mol. The number of anilines is 1. The molecule has 1 aliphatic rings. The highest BCUT2D eigenvalue weighted by Crippen LogP contribution is 2.31. The predicted octanol–water partition coefficient (Wildman–Crippen LogP) is 2.00. The molecule has 3 rings (SSSR count). The maximum absolute atomic E-state index is 13.0. The van der Waals surface area contributed by atoms with Gasteiger partial charge in [0.2, 0.25) is 0 Å². The topological polar surface area (TPSA) is 49.3 Å². The van der Waals surface area contributed by atoms with E-state index in [9.17, 15) is 4.79 Å². The fraction of sp³-hybridized carbons (Fsp3) is 0.353. The number of aryl methyl sites for hydroxylation is 1. The molecule has 1 aromatic carbocycles. The molecule has 0 aliphatic carbocycles. The number of hydrogen-bond acceptors (Lipinski definition) is 4. The molecule has 1 aliphatic heterocycles. The van der Waals surface area contributed by atoms with Gasteiger partial charge < -0.3 is 9.80 Å². The van der Waals surface area contributed by atoms with Gasteiger partial charge in [-0.15, -0.1) is 0 Å². The van der Waals surface area contributed by atoms with E-state index in [1.165, 1.54) is 11.9 Å². The molecule has 0 spiro atoms. The average Bonchev–Trinajstić information content (AvgIpc) is 2.54. The molecule has 5 heteroatoms. The molecule has 1 amide bonds. The van der Waals surface area contributed by atoms with Crippen LogP contribution in [0.2, 0.25) is 0 Å². The second kappa shape index (κ2) is 6.23. The number of carbonyl (C=O) groups excluding carboxylic acids is 1. The van der Waals surface area contributed by atoms with Crippen LogP contribution in [0.15, 0.2) is 42.9 Å². The summed E-state index contributed by atoms with van der Waals surface area (Å²) in [5.41, 5.74) is 2.67. The van der Waals surface area contributed by atoms with Gasteiger partial charge in [0.1, 0.15) is 12.0 Å². The van der Waals surface area contributed by atoms with Gasteiger partial charge in [0, 0.05) is 18.4 Å². The van der Waals surface area contributed by atoms with E-state index in [0.29, 0.717) is 5.69 Å². The van der Waals surface area contributed by atoms with E-state index < -0.39 is 0 Å². The number of likely N-dealkylation sites (N-methyl/N-ethyl adjacent to an activating group) is 1. The quantitative estimate of drug-likeness (QED) is 0.869. The van der Waals surface area contributed by atoms with Crippen molar-refractivity contribution in [1.29, 1.82) is 0 Å². The number of rotatable bonds is 3. The summed E-state index contributed by atoms with van der Waals surface area (Å²) in [5, 5.41) is 0. The highest BCUT2D eigenvalue weighted by atomic mass is 16.2. The lowest BCUT2D eigenvalue weighted by atomic mass is 9.95. The monoisotopic (exact) mass is 296 g/mol. The molecule has 1 unspecified atom stereocenters. The SMILES string of the molecule is CN(C)CC1CCc2ccccc2N1C(=O)c1ccncn1. The summed E-state index contributed by atoms with van der Waals surface area (Å²) in [6.07, 6.45) is 5.00. The van der Waals surface area contributed by atoms with Crippen molar-refractivity contribution in [3.63, 3.8) is 0 Å². The summed E-state index contributed by atoms with van der Waals surface area (Å²) in [5.74, 6) is -0.0543. The third-order valence-corrected chi connectivity index (χ3v) is 3.96. The zero-order valence-electron chi connectivity index (χ0n) is 12.9. The predicted molar refractivity (Wildman–Crippen MR) is 85.9 cm³/mol. The van der Waals surface area contributed by atoms with Crippen LogP contribution in [0.25, 0.3) is 0 Å². The van der Waals surface area contributed by atoms with Gasteiger partial charge >= 0.3 is 0 Å². The molecular formula is C17H20N4O. The summed E-state index contributed by atoms with van der Waals surface area (Å²) in [6.45, 7) is 0.838. The molecule has 1 atom stereocenters. The standard InChI is InChI=1S/C17H20N4O/c1-20(2)11-14-8-7-13-5-3-4-6-16(13)21(14)17(22)15-9-10-18-12-19-15/h3-6,9-10,12,14H,7-8,11H2,1-2H3. The maximum Gasteiger partial charge on any atom is 0.277 e. The summed E-state index contributed by atoms with van der Waals surface area (Å²) < 4.78 is 0. The van der Waals surface area contributed by atoms with Crippen molar-refractivity contribution < 1.29 is 4.79 Å². The minimum Gasteiger partial charge on any atom is -0.307 e. The molecule has 0 fully saturated rings. The van der Waals surface area contributed by atoms with Gasteiger partial charge in [-0.3, -0.25) is 4.79 Å². The van der Waals surface area contributed by atoms with Gasteiger partial charge in [0.25, 0.3) is 5.91 Å². The molecule has 22 heavy (non-hydrogen) atoms. The van der Waals surface area contributed by atoms with E-state index in [-0.39, 0.29) is 11.9 Å². The second-order valence-corrected chi connectivity index (χ2v) is 5.85. The maximum atomic E-state index is 13.0. The van der Waals surface area contributed by atoms with Gasteiger partial charge in [-0.2, -0.15) is 0 Å². The van der Waals surface area contributed by atoms with E-state index in [0.717, 1.165) is 25.1 Å². The van der Waals surface area contributed by atoms with E-state index in [1.807, 2.05) is 37.2 Å². The summed E-state index contributed by atoms with van der Waals surface area (Å²) in [7, 11) is 4.07. The minimum atomic E-state index is -0.0543. The number of nitrogens with zero attached hydrogens (tertiary/aromatic N) is 4. The molecule has 0 N–H and O–H groups in total. The van der Waals surface area contributed by atoms with Crippen LogP contribution in [0, 0.1) is 0 Å². The van der Waals surface area contributed by atoms with E-state index in [1.54, 1.807) is 12.3 Å². The normalized spacial score (nSPS) is 17.4. The van der Waals surface area contributed by atoms with Crippen LogP contribution in [0.1, 0.15) is 22.5 Å². The van der Waals surface area contributed by atoms with Crippen LogP contribution >= 0.6 is 0 Å². The van der Waals surface area contributed by atoms with Crippen LogP contribution in [-0.4, -0.2) is 47.5 Å². The Balaban J connectivity index is 2.00. The highest BCUT2D eigenvalue weighted by Gasteiger charge is 2.32. The van der Waals surface area contributed by atoms with Crippen molar-refractivity contribution in [2.75, 3.05) is 25.5 Å². The highest BCUT2D eigenvalue weighted by molar-refractivity contribution is 6.05. The number of aromatic nitrogens is 2. The van der Waals surface area contributed by atoms with Crippen molar-refractivity contribution in [1.82, 2.24) is 14.9 Å².